The summed E-state index contributed by atoms with van der Waals surface area (Å²) in [6, 6.07) is 9.49. The van der Waals surface area contributed by atoms with Gasteiger partial charge in [0.1, 0.15) is 5.82 Å². The lowest BCUT2D eigenvalue weighted by Crippen LogP contribution is -2.15. The number of aromatic nitrogens is 4. The van der Waals surface area contributed by atoms with E-state index in [2.05, 4.69) is 26.1 Å². The Bertz CT molecular complexity index is 934. The van der Waals surface area contributed by atoms with E-state index in [0.29, 0.717) is 16.6 Å². The summed E-state index contributed by atoms with van der Waals surface area (Å²) in [4.78, 5) is 12.2. The fourth-order valence-electron chi connectivity index (χ4n) is 2.51. The van der Waals surface area contributed by atoms with E-state index in [4.69, 9.17) is 11.6 Å². The van der Waals surface area contributed by atoms with Crippen molar-refractivity contribution < 1.29 is 4.79 Å². The van der Waals surface area contributed by atoms with Crippen LogP contribution in [0.15, 0.2) is 41.7 Å². The molecule has 6 nitrogen and oxygen atoms in total. The van der Waals surface area contributed by atoms with Crippen molar-refractivity contribution in [3.63, 3.8) is 0 Å². The molecular formula is C18H20ClN5OS. The molecule has 0 unspecified atom stereocenters. The highest BCUT2D eigenvalue weighted by Gasteiger charge is 2.13. The Kier molecular flexibility index (Phi) is 5.68. The summed E-state index contributed by atoms with van der Waals surface area (Å²) in [5.74, 6) is 1.01. The van der Waals surface area contributed by atoms with Gasteiger partial charge in [-0.25, -0.2) is 0 Å². The van der Waals surface area contributed by atoms with Crippen LogP contribution in [0.3, 0.4) is 0 Å². The Morgan fingerprint density at radius 2 is 2.08 bits per heavy atom. The highest BCUT2D eigenvalue weighted by Crippen LogP contribution is 2.22. The van der Waals surface area contributed by atoms with E-state index in [0.717, 1.165) is 22.8 Å². The minimum Gasteiger partial charge on any atom is -0.354 e. The molecule has 26 heavy (non-hydrogen) atoms. The van der Waals surface area contributed by atoms with Crippen molar-refractivity contribution in [2.75, 3.05) is 11.1 Å². The molecule has 1 N–H and O–H groups in total. The van der Waals surface area contributed by atoms with Gasteiger partial charge in [-0.05, 0) is 36.8 Å². The quantitative estimate of drug-likeness (QED) is 0.656. The Morgan fingerprint density at radius 3 is 2.81 bits per heavy atom. The summed E-state index contributed by atoms with van der Waals surface area (Å²) in [6.07, 6.45) is 2.70. The molecule has 0 radical (unpaired) electrons. The number of thioether (sulfide) groups is 1. The molecule has 0 fully saturated rings. The summed E-state index contributed by atoms with van der Waals surface area (Å²) < 4.78 is 3.98. The van der Waals surface area contributed by atoms with Crippen molar-refractivity contribution in [3.8, 4) is 0 Å². The van der Waals surface area contributed by atoms with Gasteiger partial charge in [-0.15, -0.1) is 10.2 Å². The first-order valence-electron chi connectivity index (χ1n) is 8.11. The van der Waals surface area contributed by atoms with Crippen LogP contribution in [-0.2, 0) is 25.3 Å². The molecule has 8 heteroatoms. The Labute approximate surface area is 161 Å². The molecule has 3 rings (SSSR count). The zero-order valence-electron chi connectivity index (χ0n) is 14.9. The second-order valence-corrected chi connectivity index (χ2v) is 7.42. The van der Waals surface area contributed by atoms with Gasteiger partial charge in [0.15, 0.2) is 5.16 Å². The topological polar surface area (TPSA) is 64.7 Å². The third-order valence-corrected chi connectivity index (χ3v) is 5.38. The van der Waals surface area contributed by atoms with Crippen molar-refractivity contribution in [3.05, 3.63) is 58.6 Å². The first kappa shape index (κ1) is 18.5. The molecule has 2 heterocycles. The molecule has 2 aromatic heterocycles. The minimum absolute atomic E-state index is 0.104. The predicted octanol–water partition coefficient (Wildman–Crippen LogP) is 3.44. The van der Waals surface area contributed by atoms with Gasteiger partial charge in [0, 0.05) is 43.1 Å². The lowest BCUT2D eigenvalue weighted by atomic mass is 10.2. The number of amides is 1. The van der Waals surface area contributed by atoms with Crippen LogP contribution in [0, 0.1) is 6.92 Å². The molecule has 1 aromatic carbocycles. The number of anilines is 1. The van der Waals surface area contributed by atoms with E-state index in [1.807, 2.05) is 43.9 Å². The number of carbonyl (C=O) groups is 1. The second kappa shape index (κ2) is 7.97. The summed E-state index contributed by atoms with van der Waals surface area (Å²) in [5, 5.41) is 12.6. The van der Waals surface area contributed by atoms with Gasteiger partial charge >= 0.3 is 0 Å². The summed E-state index contributed by atoms with van der Waals surface area (Å²) in [5.41, 5.74) is 2.85. The van der Waals surface area contributed by atoms with Crippen LogP contribution in [0.2, 0.25) is 5.02 Å². The average Bonchev–Trinajstić information content (AvgIpc) is 3.16. The number of nitrogens with one attached hydrogen (secondary N) is 1. The SMILES string of the molecule is Cc1ccc(Cl)cc1NC(=O)CSc1nnc(Cc2cccn2C)n1C. The van der Waals surface area contributed by atoms with Crippen molar-refractivity contribution in [1.29, 1.82) is 0 Å². The number of hydrogen-bond donors (Lipinski definition) is 1. The van der Waals surface area contributed by atoms with Crippen molar-refractivity contribution >= 4 is 35.0 Å². The van der Waals surface area contributed by atoms with Crippen LogP contribution in [0.25, 0.3) is 0 Å². The van der Waals surface area contributed by atoms with E-state index in [-0.39, 0.29) is 11.7 Å². The molecule has 0 saturated heterocycles. The van der Waals surface area contributed by atoms with Gasteiger partial charge in [-0.3, -0.25) is 4.79 Å². The zero-order chi connectivity index (χ0) is 18.7. The van der Waals surface area contributed by atoms with E-state index < -0.39 is 0 Å². The molecule has 0 aliphatic rings. The third kappa shape index (κ3) is 4.28. The Morgan fingerprint density at radius 1 is 1.27 bits per heavy atom. The molecule has 0 saturated carbocycles. The first-order valence-corrected chi connectivity index (χ1v) is 9.47. The van der Waals surface area contributed by atoms with Gasteiger partial charge in [-0.2, -0.15) is 0 Å². The minimum atomic E-state index is -0.104. The molecule has 3 aromatic rings. The lowest BCUT2D eigenvalue weighted by Gasteiger charge is -2.09. The highest BCUT2D eigenvalue weighted by atomic mass is 35.5. The van der Waals surface area contributed by atoms with E-state index in [1.54, 1.807) is 12.1 Å². The maximum Gasteiger partial charge on any atom is 0.234 e. The van der Waals surface area contributed by atoms with Crippen LogP contribution >= 0.6 is 23.4 Å². The van der Waals surface area contributed by atoms with Crippen LogP contribution < -0.4 is 5.32 Å². The zero-order valence-corrected chi connectivity index (χ0v) is 16.4. The molecule has 0 spiro atoms. The third-order valence-electron chi connectivity index (χ3n) is 4.12. The summed E-state index contributed by atoms with van der Waals surface area (Å²) in [6.45, 7) is 1.93. The summed E-state index contributed by atoms with van der Waals surface area (Å²) in [7, 11) is 3.92. The maximum atomic E-state index is 12.2. The van der Waals surface area contributed by atoms with E-state index in [9.17, 15) is 4.79 Å². The van der Waals surface area contributed by atoms with Crippen LogP contribution in [0.4, 0.5) is 5.69 Å². The fraction of sp³-hybridized carbons (Fsp3) is 0.278. The monoisotopic (exact) mass is 389 g/mol. The number of nitrogens with zero attached hydrogens (tertiary/aromatic N) is 4. The lowest BCUT2D eigenvalue weighted by molar-refractivity contribution is -0.113. The molecule has 0 bridgehead atoms. The number of aryl methyl sites for hydroxylation is 2. The summed E-state index contributed by atoms with van der Waals surface area (Å²) >= 11 is 7.35. The van der Waals surface area contributed by atoms with Gasteiger partial charge in [0.2, 0.25) is 5.91 Å². The fourth-order valence-corrected chi connectivity index (χ4v) is 3.41. The number of hydrogen-bond acceptors (Lipinski definition) is 4. The van der Waals surface area contributed by atoms with Crippen LogP contribution in [-0.4, -0.2) is 31.0 Å². The van der Waals surface area contributed by atoms with Crippen LogP contribution in [0.5, 0.6) is 0 Å². The maximum absolute atomic E-state index is 12.2. The number of benzene rings is 1. The van der Waals surface area contributed by atoms with Gasteiger partial charge in [-0.1, -0.05) is 29.4 Å². The Balaban J connectivity index is 1.60. The van der Waals surface area contributed by atoms with E-state index in [1.165, 1.54) is 11.8 Å². The molecule has 0 atom stereocenters. The van der Waals surface area contributed by atoms with Gasteiger partial charge in [0.05, 0.1) is 5.75 Å². The van der Waals surface area contributed by atoms with Gasteiger partial charge < -0.3 is 14.5 Å². The van der Waals surface area contributed by atoms with Gasteiger partial charge in [0.25, 0.3) is 0 Å². The molecule has 1 amide bonds. The largest absolute Gasteiger partial charge is 0.354 e. The van der Waals surface area contributed by atoms with Crippen molar-refractivity contribution in [1.82, 2.24) is 19.3 Å². The number of carbonyl (C=O) groups excluding carboxylic acids is 1. The predicted molar refractivity (Wildman–Crippen MR) is 105 cm³/mol. The number of rotatable bonds is 6. The normalized spacial score (nSPS) is 10.9. The first-order chi connectivity index (χ1) is 12.4. The molecular weight excluding hydrogens is 370 g/mol. The molecule has 0 aliphatic heterocycles. The van der Waals surface area contributed by atoms with Crippen molar-refractivity contribution in [2.24, 2.45) is 14.1 Å². The van der Waals surface area contributed by atoms with Crippen molar-refractivity contribution in [2.45, 2.75) is 18.5 Å². The number of halogens is 1. The smallest absolute Gasteiger partial charge is 0.234 e. The molecule has 0 aliphatic carbocycles. The molecule has 136 valence electrons. The standard InChI is InChI=1S/C18H20ClN5OS/c1-12-6-7-13(19)9-15(12)20-17(25)11-26-18-22-21-16(24(18)3)10-14-5-4-8-23(14)2/h4-9H,10-11H2,1-3H3,(H,20,25). The highest BCUT2D eigenvalue weighted by molar-refractivity contribution is 7.99. The Hall–Kier alpha value is -2.25. The van der Waals surface area contributed by atoms with E-state index >= 15 is 0 Å². The van der Waals surface area contributed by atoms with Crippen LogP contribution in [0.1, 0.15) is 17.1 Å². The average molecular weight is 390 g/mol. The second-order valence-electron chi connectivity index (χ2n) is 6.04.